The normalized spacial score (nSPS) is 16.1. The van der Waals surface area contributed by atoms with Crippen LogP contribution < -0.4 is 0 Å². The molecular formula is C18H26N6O. The number of hydrogen-bond acceptors (Lipinski definition) is 5. The minimum absolute atomic E-state index is 0.0381. The van der Waals surface area contributed by atoms with Gasteiger partial charge in [0.1, 0.15) is 0 Å². The molecule has 3 rings (SSSR count). The summed E-state index contributed by atoms with van der Waals surface area (Å²) in [4.78, 5) is 20.9. The number of carbonyl (C=O) groups excluding carboxylic acids is 1. The number of rotatable bonds is 6. The standard InChI is InChI=1S/C18H26N6O/c1-3-23(4-2)18(25)17-14-24(21-20-17)16-8-11-22(12-9-16)13-15-7-5-6-10-19-15/h5-7,10,14,16H,3-4,8-9,11-13H2,1-2H3. The van der Waals surface area contributed by atoms with E-state index in [-0.39, 0.29) is 5.91 Å². The lowest BCUT2D eigenvalue weighted by atomic mass is 10.1. The molecule has 3 heterocycles. The second-order valence-electron chi connectivity index (χ2n) is 6.39. The quantitative estimate of drug-likeness (QED) is 0.803. The number of hydrogen-bond donors (Lipinski definition) is 0. The van der Waals surface area contributed by atoms with Crippen molar-refractivity contribution in [1.29, 1.82) is 0 Å². The van der Waals surface area contributed by atoms with Gasteiger partial charge < -0.3 is 4.90 Å². The van der Waals surface area contributed by atoms with Crippen LogP contribution in [0.3, 0.4) is 0 Å². The highest BCUT2D eigenvalue weighted by molar-refractivity contribution is 5.91. The molecule has 0 aromatic carbocycles. The van der Waals surface area contributed by atoms with Gasteiger partial charge in [0.2, 0.25) is 0 Å². The largest absolute Gasteiger partial charge is 0.338 e. The molecule has 0 radical (unpaired) electrons. The first-order chi connectivity index (χ1) is 12.2. The molecule has 25 heavy (non-hydrogen) atoms. The van der Waals surface area contributed by atoms with Crippen LogP contribution in [0, 0.1) is 0 Å². The first-order valence-electron chi connectivity index (χ1n) is 9.04. The molecule has 0 bridgehead atoms. The third kappa shape index (κ3) is 4.22. The van der Waals surface area contributed by atoms with Crippen LogP contribution in [-0.2, 0) is 6.54 Å². The van der Waals surface area contributed by atoms with Crippen LogP contribution in [0.4, 0.5) is 0 Å². The highest BCUT2D eigenvalue weighted by Gasteiger charge is 2.24. The minimum atomic E-state index is -0.0381. The monoisotopic (exact) mass is 342 g/mol. The molecule has 1 amide bonds. The number of carbonyl (C=O) groups is 1. The molecule has 0 saturated carbocycles. The number of nitrogens with zero attached hydrogens (tertiary/aromatic N) is 6. The van der Waals surface area contributed by atoms with E-state index in [4.69, 9.17) is 0 Å². The molecule has 1 saturated heterocycles. The zero-order valence-corrected chi connectivity index (χ0v) is 15.0. The Balaban J connectivity index is 1.56. The van der Waals surface area contributed by atoms with Crippen molar-refractivity contribution in [2.24, 2.45) is 0 Å². The van der Waals surface area contributed by atoms with E-state index in [1.165, 1.54) is 0 Å². The zero-order chi connectivity index (χ0) is 17.6. The van der Waals surface area contributed by atoms with Gasteiger partial charge in [-0.2, -0.15) is 0 Å². The predicted octanol–water partition coefficient (Wildman–Crippen LogP) is 1.99. The predicted molar refractivity (Wildman–Crippen MR) is 95.1 cm³/mol. The third-order valence-corrected chi connectivity index (χ3v) is 4.82. The molecular weight excluding hydrogens is 316 g/mol. The maximum atomic E-state index is 12.4. The maximum absolute atomic E-state index is 12.4. The van der Waals surface area contributed by atoms with Crippen LogP contribution in [0.25, 0.3) is 0 Å². The summed E-state index contributed by atoms with van der Waals surface area (Å²) in [6.07, 6.45) is 5.66. The van der Waals surface area contributed by atoms with Crippen LogP contribution >= 0.6 is 0 Å². The lowest BCUT2D eigenvalue weighted by Crippen LogP contribution is -2.34. The van der Waals surface area contributed by atoms with Gasteiger partial charge in [-0.15, -0.1) is 5.10 Å². The Kier molecular flexibility index (Phi) is 5.75. The molecule has 134 valence electrons. The minimum Gasteiger partial charge on any atom is -0.338 e. The van der Waals surface area contributed by atoms with Crippen molar-refractivity contribution in [3.63, 3.8) is 0 Å². The van der Waals surface area contributed by atoms with Gasteiger partial charge in [0.05, 0.1) is 17.9 Å². The molecule has 1 aliphatic heterocycles. The highest BCUT2D eigenvalue weighted by Crippen LogP contribution is 2.22. The molecule has 7 nitrogen and oxygen atoms in total. The Morgan fingerprint density at radius 1 is 1.24 bits per heavy atom. The summed E-state index contributed by atoms with van der Waals surface area (Å²) in [5.41, 5.74) is 1.55. The first kappa shape index (κ1) is 17.5. The fourth-order valence-electron chi connectivity index (χ4n) is 3.29. The molecule has 0 N–H and O–H groups in total. The van der Waals surface area contributed by atoms with Gasteiger partial charge in [0, 0.05) is 38.9 Å². The summed E-state index contributed by atoms with van der Waals surface area (Å²) in [6, 6.07) is 6.34. The summed E-state index contributed by atoms with van der Waals surface area (Å²) in [7, 11) is 0. The van der Waals surface area contributed by atoms with Gasteiger partial charge in [0.25, 0.3) is 5.91 Å². The van der Waals surface area contributed by atoms with Gasteiger partial charge in [-0.3, -0.25) is 14.7 Å². The van der Waals surface area contributed by atoms with Crippen LogP contribution in [0.15, 0.2) is 30.6 Å². The van der Waals surface area contributed by atoms with Gasteiger partial charge in [-0.25, -0.2) is 4.68 Å². The van der Waals surface area contributed by atoms with Crippen molar-refractivity contribution in [2.45, 2.75) is 39.3 Å². The third-order valence-electron chi connectivity index (χ3n) is 4.82. The molecule has 2 aromatic heterocycles. The molecule has 1 fully saturated rings. The lowest BCUT2D eigenvalue weighted by molar-refractivity contribution is 0.0767. The fourth-order valence-corrected chi connectivity index (χ4v) is 3.29. The van der Waals surface area contributed by atoms with Crippen molar-refractivity contribution in [3.8, 4) is 0 Å². The lowest BCUT2D eigenvalue weighted by Gasteiger charge is -2.31. The van der Waals surface area contributed by atoms with Crippen molar-refractivity contribution in [1.82, 2.24) is 29.8 Å². The van der Waals surface area contributed by atoms with Crippen LogP contribution in [-0.4, -0.2) is 61.9 Å². The van der Waals surface area contributed by atoms with Crippen molar-refractivity contribution < 1.29 is 4.79 Å². The smallest absolute Gasteiger partial charge is 0.276 e. The van der Waals surface area contributed by atoms with E-state index in [2.05, 4.69) is 26.3 Å². The first-order valence-corrected chi connectivity index (χ1v) is 9.04. The molecule has 0 aliphatic carbocycles. The molecule has 0 atom stereocenters. The summed E-state index contributed by atoms with van der Waals surface area (Å²) >= 11 is 0. The van der Waals surface area contributed by atoms with E-state index in [1.807, 2.05) is 36.9 Å². The van der Waals surface area contributed by atoms with Crippen LogP contribution in [0.2, 0.25) is 0 Å². The van der Waals surface area contributed by atoms with E-state index >= 15 is 0 Å². The van der Waals surface area contributed by atoms with E-state index in [1.54, 1.807) is 11.1 Å². The molecule has 0 unspecified atom stereocenters. The number of piperidine rings is 1. The van der Waals surface area contributed by atoms with E-state index in [0.29, 0.717) is 24.8 Å². The molecule has 0 spiro atoms. The average Bonchev–Trinajstić information content (AvgIpc) is 3.14. The van der Waals surface area contributed by atoms with Gasteiger partial charge in [0.15, 0.2) is 5.69 Å². The Labute approximate surface area is 148 Å². The SMILES string of the molecule is CCN(CC)C(=O)c1cn(C2CCN(Cc3ccccn3)CC2)nn1. The van der Waals surface area contributed by atoms with Gasteiger partial charge in [-0.05, 0) is 38.8 Å². The summed E-state index contributed by atoms with van der Waals surface area (Å²) < 4.78 is 1.87. The number of aromatic nitrogens is 4. The van der Waals surface area contributed by atoms with Crippen molar-refractivity contribution >= 4 is 5.91 Å². The molecule has 1 aliphatic rings. The van der Waals surface area contributed by atoms with Gasteiger partial charge in [-0.1, -0.05) is 11.3 Å². The highest BCUT2D eigenvalue weighted by atomic mass is 16.2. The second kappa shape index (κ2) is 8.20. The molecule has 2 aromatic rings. The van der Waals surface area contributed by atoms with Crippen LogP contribution in [0.1, 0.15) is 48.9 Å². The van der Waals surface area contributed by atoms with Crippen molar-refractivity contribution in [3.05, 3.63) is 42.0 Å². The van der Waals surface area contributed by atoms with E-state index in [9.17, 15) is 4.79 Å². The topological polar surface area (TPSA) is 67.2 Å². The fraction of sp³-hybridized carbons (Fsp3) is 0.556. The molecule has 7 heteroatoms. The number of amides is 1. The average molecular weight is 342 g/mol. The zero-order valence-electron chi connectivity index (χ0n) is 15.0. The Morgan fingerprint density at radius 3 is 2.64 bits per heavy atom. The Morgan fingerprint density at radius 2 is 2.00 bits per heavy atom. The number of likely N-dealkylation sites (tertiary alicyclic amines) is 1. The van der Waals surface area contributed by atoms with Gasteiger partial charge >= 0.3 is 0 Å². The summed E-state index contributed by atoms with van der Waals surface area (Å²) in [5.74, 6) is -0.0381. The number of pyridine rings is 1. The maximum Gasteiger partial charge on any atom is 0.276 e. The Bertz CT molecular complexity index is 674. The van der Waals surface area contributed by atoms with Crippen LogP contribution in [0.5, 0.6) is 0 Å². The summed E-state index contributed by atoms with van der Waals surface area (Å²) in [6.45, 7) is 8.21. The van der Waals surface area contributed by atoms with E-state index < -0.39 is 0 Å². The van der Waals surface area contributed by atoms with E-state index in [0.717, 1.165) is 38.2 Å². The Hall–Kier alpha value is -2.28. The van der Waals surface area contributed by atoms with Crippen molar-refractivity contribution in [2.75, 3.05) is 26.2 Å². The second-order valence-corrected chi connectivity index (χ2v) is 6.39. The summed E-state index contributed by atoms with van der Waals surface area (Å²) in [5, 5.41) is 8.30.